The van der Waals surface area contributed by atoms with Gasteiger partial charge in [0, 0.05) is 74.7 Å². The van der Waals surface area contributed by atoms with Gasteiger partial charge in [0.1, 0.15) is 6.04 Å². The highest BCUT2D eigenvalue weighted by atomic mass is 16.2. The fraction of sp³-hybridized carbons (Fsp3) is 0.514. The van der Waals surface area contributed by atoms with Gasteiger partial charge in [-0.3, -0.25) is 39.1 Å². The molecule has 1 unspecified atom stereocenters. The van der Waals surface area contributed by atoms with E-state index in [-0.39, 0.29) is 24.7 Å². The van der Waals surface area contributed by atoms with E-state index in [2.05, 4.69) is 37.5 Å². The number of imide groups is 2. The van der Waals surface area contributed by atoms with Crippen LogP contribution in [0.2, 0.25) is 0 Å². The normalized spacial score (nSPS) is 23.5. The van der Waals surface area contributed by atoms with Gasteiger partial charge >= 0.3 is 0 Å². The average Bonchev–Trinajstić information content (AvgIpc) is 3.33. The summed E-state index contributed by atoms with van der Waals surface area (Å²) in [6.07, 6.45) is 8.10. The highest BCUT2D eigenvalue weighted by Crippen LogP contribution is 2.32. The van der Waals surface area contributed by atoms with E-state index in [4.69, 9.17) is 0 Å². The van der Waals surface area contributed by atoms with Crippen LogP contribution in [0.3, 0.4) is 0 Å². The number of hydrogen-bond donors (Lipinski definition) is 2. The SMILES string of the molecule is O=C1CCC(N2C(=O)c3ccc(N4CCC(N5CCN(c6ccc(C(=O)NC7CCCCC7)cc6)CC5)CC4)cc3C2=O)C(=O)N1. The molecule has 5 aliphatic rings. The van der Waals surface area contributed by atoms with Crippen LogP contribution in [-0.4, -0.2) is 96.7 Å². The third-order valence-corrected chi connectivity index (χ3v) is 10.5. The van der Waals surface area contributed by atoms with Crippen molar-refractivity contribution in [2.24, 2.45) is 0 Å². The molecule has 2 aromatic rings. The predicted molar refractivity (Wildman–Crippen MR) is 173 cm³/mol. The predicted octanol–water partition coefficient (Wildman–Crippen LogP) is 2.94. The van der Waals surface area contributed by atoms with Gasteiger partial charge in [-0.1, -0.05) is 19.3 Å². The number of piperidine rings is 2. The highest BCUT2D eigenvalue weighted by Gasteiger charge is 2.45. The molecule has 2 aromatic carbocycles. The van der Waals surface area contributed by atoms with Crippen molar-refractivity contribution in [1.82, 2.24) is 20.4 Å². The first-order valence-electron chi connectivity index (χ1n) is 16.9. The molecule has 11 heteroatoms. The molecule has 11 nitrogen and oxygen atoms in total. The summed E-state index contributed by atoms with van der Waals surface area (Å²) in [7, 11) is 0. The number of anilines is 2. The van der Waals surface area contributed by atoms with E-state index in [0.717, 1.165) is 86.8 Å². The third kappa shape index (κ3) is 6.00. The summed E-state index contributed by atoms with van der Waals surface area (Å²) in [5.74, 6) is -1.90. The van der Waals surface area contributed by atoms with E-state index in [1.165, 1.54) is 19.3 Å². The van der Waals surface area contributed by atoms with Gasteiger partial charge in [0.15, 0.2) is 0 Å². The molecule has 1 aliphatic carbocycles. The van der Waals surface area contributed by atoms with Crippen LogP contribution in [0.5, 0.6) is 0 Å². The van der Waals surface area contributed by atoms with Crippen LogP contribution in [0.25, 0.3) is 0 Å². The molecule has 4 aliphatic heterocycles. The molecule has 5 amide bonds. The topological polar surface area (TPSA) is 122 Å². The Morgan fingerprint density at radius 2 is 1.35 bits per heavy atom. The van der Waals surface area contributed by atoms with Crippen LogP contribution < -0.4 is 20.4 Å². The second kappa shape index (κ2) is 12.9. The molecule has 0 aromatic heterocycles. The molecular weight excluding hydrogens is 584 g/mol. The van der Waals surface area contributed by atoms with Gasteiger partial charge < -0.3 is 15.1 Å². The van der Waals surface area contributed by atoms with Crippen LogP contribution in [0.1, 0.15) is 88.9 Å². The number of piperazine rings is 1. The molecule has 0 radical (unpaired) electrons. The van der Waals surface area contributed by atoms with Crippen molar-refractivity contribution in [3.05, 3.63) is 59.2 Å². The van der Waals surface area contributed by atoms with Gasteiger partial charge in [-0.05, 0) is 74.6 Å². The van der Waals surface area contributed by atoms with Crippen LogP contribution in [0, 0.1) is 0 Å². The smallest absolute Gasteiger partial charge is 0.262 e. The lowest BCUT2D eigenvalue weighted by Crippen LogP contribution is -2.54. The van der Waals surface area contributed by atoms with Crippen molar-refractivity contribution in [3.63, 3.8) is 0 Å². The monoisotopic (exact) mass is 626 g/mol. The zero-order valence-electron chi connectivity index (χ0n) is 26.2. The maximum absolute atomic E-state index is 13.3. The average molecular weight is 627 g/mol. The number of benzene rings is 2. The van der Waals surface area contributed by atoms with E-state index in [1.54, 1.807) is 12.1 Å². The Morgan fingerprint density at radius 1 is 0.696 bits per heavy atom. The summed E-state index contributed by atoms with van der Waals surface area (Å²) >= 11 is 0. The summed E-state index contributed by atoms with van der Waals surface area (Å²) in [5, 5.41) is 5.45. The number of hydrogen-bond acceptors (Lipinski definition) is 8. The summed E-state index contributed by atoms with van der Waals surface area (Å²) in [5.41, 5.74) is 3.42. The zero-order valence-corrected chi connectivity index (χ0v) is 26.2. The Kier molecular flexibility index (Phi) is 8.50. The van der Waals surface area contributed by atoms with Crippen molar-refractivity contribution in [2.45, 2.75) is 75.9 Å². The molecule has 0 spiro atoms. The van der Waals surface area contributed by atoms with Crippen molar-refractivity contribution in [3.8, 4) is 0 Å². The first-order chi connectivity index (χ1) is 22.4. The van der Waals surface area contributed by atoms with E-state index >= 15 is 0 Å². The van der Waals surface area contributed by atoms with Crippen molar-refractivity contribution < 1.29 is 24.0 Å². The zero-order chi connectivity index (χ0) is 31.8. The lowest BCUT2D eigenvalue weighted by atomic mass is 9.95. The van der Waals surface area contributed by atoms with Crippen LogP contribution in [0.15, 0.2) is 42.5 Å². The van der Waals surface area contributed by atoms with Gasteiger partial charge in [0.25, 0.3) is 17.7 Å². The Hall–Kier alpha value is -4.25. The Bertz CT molecular complexity index is 1520. The molecule has 1 saturated carbocycles. The number of carbonyl (C=O) groups excluding carboxylic acids is 5. The van der Waals surface area contributed by atoms with Gasteiger partial charge in [-0.15, -0.1) is 0 Å². The van der Waals surface area contributed by atoms with Crippen molar-refractivity contribution >= 4 is 40.9 Å². The van der Waals surface area contributed by atoms with E-state index in [9.17, 15) is 24.0 Å². The number of nitrogens with one attached hydrogen (secondary N) is 2. The Morgan fingerprint density at radius 3 is 2.04 bits per heavy atom. The van der Waals surface area contributed by atoms with E-state index in [1.807, 2.05) is 18.2 Å². The maximum atomic E-state index is 13.3. The van der Waals surface area contributed by atoms with Gasteiger partial charge in [0.05, 0.1) is 11.1 Å². The van der Waals surface area contributed by atoms with Gasteiger partial charge in [0.2, 0.25) is 11.8 Å². The van der Waals surface area contributed by atoms with Gasteiger partial charge in [-0.25, -0.2) is 0 Å². The standard InChI is InChI=1S/C35H42N6O5/c42-31-13-12-30(33(44)37-31)41-34(45)28-11-10-27(22-29(28)35(41)46)38-16-14-26(15-17-38)40-20-18-39(19-21-40)25-8-6-23(7-9-25)32(43)36-24-4-2-1-3-5-24/h6-11,22,24,26,30H,1-5,12-21H2,(H,36,43)(H,37,42,44). The second-order valence-electron chi connectivity index (χ2n) is 13.3. The fourth-order valence-electron chi connectivity index (χ4n) is 7.83. The molecule has 46 heavy (non-hydrogen) atoms. The second-order valence-corrected chi connectivity index (χ2v) is 13.3. The first-order valence-corrected chi connectivity index (χ1v) is 16.9. The Balaban J connectivity index is 0.900. The number of fused-ring (bicyclic) bond motifs is 1. The summed E-state index contributed by atoms with van der Waals surface area (Å²) in [6, 6.07) is 13.2. The van der Waals surface area contributed by atoms with Crippen LogP contribution in [0.4, 0.5) is 11.4 Å². The van der Waals surface area contributed by atoms with Gasteiger partial charge in [-0.2, -0.15) is 0 Å². The fourth-order valence-corrected chi connectivity index (χ4v) is 7.83. The summed E-state index contributed by atoms with van der Waals surface area (Å²) < 4.78 is 0. The maximum Gasteiger partial charge on any atom is 0.262 e. The molecule has 2 N–H and O–H groups in total. The molecule has 242 valence electrons. The third-order valence-electron chi connectivity index (χ3n) is 10.5. The molecule has 1 atom stereocenters. The summed E-state index contributed by atoms with van der Waals surface area (Å²) in [6.45, 7) is 5.57. The van der Waals surface area contributed by atoms with Crippen LogP contribution >= 0.6 is 0 Å². The molecule has 7 rings (SSSR count). The van der Waals surface area contributed by atoms with Crippen LogP contribution in [-0.2, 0) is 9.59 Å². The number of carbonyl (C=O) groups is 5. The molecule has 4 heterocycles. The Labute approximate surface area is 269 Å². The van der Waals surface area contributed by atoms with Crippen molar-refractivity contribution in [2.75, 3.05) is 49.1 Å². The minimum absolute atomic E-state index is 0.0313. The van der Waals surface area contributed by atoms with E-state index < -0.39 is 23.8 Å². The molecular formula is C35H42N6O5. The summed E-state index contributed by atoms with van der Waals surface area (Å²) in [4.78, 5) is 71.3. The minimum Gasteiger partial charge on any atom is -0.371 e. The largest absolute Gasteiger partial charge is 0.371 e. The molecule has 4 fully saturated rings. The lowest BCUT2D eigenvalue weighted by molar-refractivity contribution is -0.136. The molecule has 0 bridgehead atoms. The number of nitrogens with zero attached hydrogens (tertiary/aromatic N) is 4. The van der Waals surface area contributed by atoms with Crippen molar-refractivity contribution in [1.29, 1.82) is 0 Å². The highest BCUT2D eigenvalue weighted by molar-refractivity contribution is 6.23. The quantitative estimate of drug-likeness (QED) is 0.470. The minimum atomic E-state index is -0.957. The first kappa shape index (κ1) is 30.4. The molecule has 3 saturated heterocycles. The van der Waals surface area contributed by atoms with E-state index in [0.29, 0.717) is 23.2 Å². The number of rotatable bonds is 6. The lowest BCUT2D eigenvalue weighted by Gasteiger charge is -2.44. The number of amides is 5.